The highest BCUT2D eigenvalue weighted by Gasteiger charge is 2.08. The van der Waals surface area contributed by atoms with Gasteiger partial charge in [-0.05, 0) is 17.2 Å². The standard InChI is InChI=1S/C9H10N2O2S/c12-14(13)10-11-6-5-8-3-1-2-4-9(8)7-11/h1-6,10H,7H2,(H,12,13)/p-1. The van der Waals surface area contributed by atoms with E-state index in [0.29, 0.717) is 6.54 Å². The quantitative estimate of drug-likeness (QED) is 0.732. The average Bonchev–Trinajstić information content (AvgIpc) is 2.17. The average molecular weight is 209 g/mol. The van der Waals surface area contributed by atoms with E-state index < -0.39 is 11.3 Å². The molecular weight excluding hydrogens is 200 g/mol. The SMILES string of the molecule is O=S([O-])NN1C=Cc2ccccc2C1. The zero-order valence-corrected chi connectivity index (χ0v) is 8.16. The van der Waals surface area contributed by atoms with E-state index in [2.05, 4.69) is 4.83 Å². The van der Waals surface area contributed by atoms with Crippen LogP contribution in [0.5, 0.6) is 0 Å². The van der Waals surface area contributed by atoms with E-state index >= 15 is 0 Å². The molecule has 74 valence electrons. The Morgan fingerprint density at radius 2 is 2.21 bits per heavy atom. The summed E-state index contributed by atoms with van der Waals surface area (Å²) in [5.41, 5.74) is 2.23. The highest BCUT2D eigenvalue weighted by Crippen LogP contribution is 2.17. The van der Waals surface area contributed by atoms with Crippen molar-refractivity contribution in [3.05, 3.63) is 41.6 Å². The molecule has 0 saturated heterocycles. The number of hydrazine groups is 1. The number of hydrogen-bond donors (Lipinski definition) is 1. The van der Waals surface area contributed by atoms with Crippen LogP contribution in [0.1, 0.15) is 11.1 Å². The first kappa shape index (κ1) is 9.39. The third-order valence-electron chi connectivity index (χ3n) is 2.02. The number of fused-ring (bicyclic) bond motifs is 1. The molecular formula is C9H9N2O2S-. The maximum atomic E-state index is 10.4. The molecule has 2 rings (SSSR count). The molecule has 1 N–H and O–H groups in total. The normalized spacial score (nSPS) is 16.5. The van der Waals surface area contributed by atoms with E-state index in [9.17, 15) is 8.76 Å². The summed E-state index contributed by atoms with van der Waals surface area (Å²) >= 11 is -2.27. The van der Waals surface area contributed by atoms with Crippen LogP contribution in [0.2, 0.25) is 0 Å². The second-order valence-electron chi connectivity index (χ2n) is 2.97. The Morgan fingerprint density at radius 1 is 1.43 bits per heavy atom. The summed E-state index contributed by atoms with van der Waals surface area (Å²) in [6, 6.07) is 7.86. The molecule has 1 aromatic rings. The minimum atomic E-state index is -2.27. The molecule has 0 aromatic heterocycles. The van der Waals surface area contributed by atoms with Gasteiger partial charge in [-0.15, -0.1) is 0 Å². The van der Waals surface area contributed by atoms with Crippen LogP contribution in [0.25, 0.3) is 6.08 Å². The zero-order chi connectivity index (χ0) is 9.97. The second kappa shape index (κ2) is 3.91. The summed E-state index contributed by atoms with van der Waals surface area (Å²) in [6.07, 6.45) is 3.58. The fourth-order valence-electron chi connectivity index (χ4n) is 1.41. The van der Waals surface area contributed by atoms with Gasteiger partial charge in [0, 0.05) is 17.5 Å². The molecule has 0 aliphatic carbocycles. The second-order valence-corrected chi connectivity index (χ2v) is 3.62. The molecule has 1 aromatic carbocycles. The molecule has 0 fully saturated rings. The van der Waals surface area contributed by atoms with Gasteiger partial charge >= 0.3 is 0 Å². The van der Waals surface area contributed by atoms with Crippen LogP contribution >= 0.6 is 0 Å². The van der Waals surface area contributed by atoms with E-state index in [1.54, 1.807) is 6.20 Å². The van der Waals surface area contributed by atoms with Gasteiger partial charge in [-0.2, -0.15) is 4.83 Å². The lowest BCUT2D eigenvalue weighted by atomic mass is 10.1. The number of benzene rings is 1. The largest absolute Gasteiger partial charge is 0.759 e. The third-order valence-corrected chi connectivity index (χ3v) is 2.41. The molecule has 0 amide bonds. The Balaban J connectivity index is 2.17. The molecule has 1 unspecified atom stereocenters. The van der Waals surface area contributed by atoms with E-state index in [-0.39, 0.29) is 0 Å². The van der Waals surface area contributed by atoms with Gasteiger partial charge in [-0.3, -0.25) is 4.21 Å². The molecule has 1 heterocycles. The van der Waals surface area contributed by atoms with Crippen molar-refractivity contribution in [3.8, 4) is 0 Å². The van der Waals surface area contributed by atoms with Crippen LogP contribution in [0, 0.1) is 0 Å². The van der Waals surface area contributed by atoms with E-state index in [0.717, 1.165) is 11.1 Å². The van der Waals surface area contributed by atoms with Crippen molar-refractivity contribution in [2.24, 2.45) is 0 Å². The van der Waals surface area contributed by atoms with Crippen molar-refractivity contribution >= 4 is 17.3 Å². The molecule has 5 heteroatoms. The lowest BCUT2D eigenvalue weighted by Crippen LogP contribution is -2.35. The van der Waals surface area contributed by atoms with Crippen molar-refractivity contribution in [1.82, 2.24) is 9.84 Å². The van der Waals surface area contributed by atoms with Crippen LogP contribution in [-0.2, 0) is 17.8 Å². The summed E-state index contributed by atoms with van der Waals surface area (Å²) < 4.78 is 20.8. The number of hydrogen-bond acceptors (Lipinski definition) is 3. The van der Waals surface area contributed by atoms with Crippen LogP contribution in [-0.4, -0.2) is 13.8 Å². The molecule has 0 saturated carbocycles. The van der Waals surface area contributed by atoms with Crippen molar-refractivity contribution in [3.63, 3.8) is 0 Å². The molecule has 1 aliphatic heterocycles. The number of nitrogens with zero attached hydrogens (tertiary/aromatic N) is 1. The van der Waals surface area contributed by atoms with Crippen molar-refractivity contribution in [2.75, 3.05) is 0 Å². The minimum absolute atomic E-state index is 0.556. The summed E-state index contributed by atoms with van der Waals surface area (Å²) in [5.74, 6) is 0. The van der Waals surface area contributed by atoms with E-state index in [4.69, 9.17) is 0 Å². The van der Waals surface area contributed by atoms with Gasteiger partial charge in [0.2, 0.25) is 0 Å². The first-order valence-corrected chi connectivity index (χ1v) is 5.21. The van der Waals surface area contributed by atoms with E-state index in [1.807, 2.05) is 30.3 Å². The van der Waals surface area contributed by atoms with Crippen LogP contribution in [0.15, 0.2) is 30.5 Å². The summed E-state index contributed by atoms with van der Waals surface area (Å²) in [6.45, 7) is 0.556. The van der Waals surface area contributed by atoms with Gasteiger partial charge in [0.15, 0.2) is 0 Å². The van der Waals surface area contributed by atoms with Gasteiger partial charge in [0.05, 0.1) is 6.54 Å². The van der Waals surface area contributed by atoms with Crippen LogP contribution in [0.3, 0.4) is 0 Å². The van der Waals surface area contributed by atoms with Crippen molar-refractivity contribution in [1.29, 1.82) is 0 Å². The smallest absolute Gasteiger partial charge is 0.0603 e. The Bertz CT molecular complexity index is 392. The predicted octanol–water partition coefficient (Wildman–Crippen LogP) is 0.772. The lowest BCUT2D eigenvalue weighted by molar-refractivity contribution is 0.320. The maximum absolute atomic E-state index is 10.4. The van der Waals surface area contributed by atoms with Gasteiger partial charge in [0.1, 0.15) is 0 Å². The van der Waals surface area contributed by atoms with Crippen molar-refractivity contribution < 1.29 is 8.76 Å². The molecule has 0 bridgehead atoms. The molecule has 0 radical (unpaired) electrons. The third kappa shape index (κ3) is 2.01. The first-order chi connectivity index (χ1) is 6.75. The van der Waals surface area contributed by atoms with Crippen molar-refractivity contribution in [2.45, 2.75) is 6.54 Å². The molecule has 0 spiro atoms. The minimum Gasteiger partial charge on any atom is -0.759 e. The predicted molar refractivity (Wildman–Crippen MR) is 53.1 cm³/mol. The highest BCUT2D eigenvalue weighted by molar-refractivity contribution is 7.76. The molecule has 14 heavy (non-hydrogen) atoms. The molecule has 4 nitrogen and oxygen atoms in total. The fraction of sp³-hybridized carbons (Fsp3) is 0.111. The van der Waals surface area contributed by atoms with Crippen LogP contribution < -0.4 is 4.83 Å². The highest BCUT2D eigenvalue weighted by atomic mass is 32.2. The van der Waals surface area contributed by atoms with Crippen LogP contribution in [0.4, 0.5) is 0 Å². The summed E-state index contributed by atoms with van der Waals surface area (Å²) in [5, 5.41) is 1.52. The lowest BCUT2D eigenvalue weighted by Gasteiger charge is -2.26. The fourth-order valence-corrected chi connectivity index (χ4v) is 1.72. The Hall–Kier alpha value is -1.17. The Labute approximate surface area is 84.6 Å². The summed E-state index contributed by atoms with van der Waals surface area (Å²) in [4.78, 5) is 2.29. The van der Waals surface area contributed by atoms with Gasteiger partial charge in [-0.1, -0.05) is 24.3 Å². The van der Waals surface area contributed by atoms with E-state index in [1.165, 1.54) is 5.01 Å². The maximum Gasteiger partial charge on any atom is 0.0603 e. The van der Waals surface area contributed by atoms with Gasteiger partial charge in [-0.25, -0.2) is 0 Å². The molecule has 1 atom stereocenters. The van der Waals surface area contributed by atoms with Gasteiger partial charge < -0.3 is 9.56 Å². The monoisotopic (exact) mass is 209 g/mol. The molecule has 1 aliphatic rings. The Morgan fingerprint density at radius 3 is 3.00 bits per heavy atom. The first-order valence-electron chi connectivity index (χ1n) is 4.14. The number of nitrogens with one attached hydrogen (secondary N) is 1. The topological polar surface area (TPSA) is 55.4 Å². The van der Waals surface area contributed by atoms with Gasteiger partial charge in [0.25, 0.3) is 0 Å². The number of rotatable bonds is 2. The Kier molecular flexibility index (Phi) is 2.62. The summed E-state index contributed by atoms with van der Waals surface area (Å²) in [7, 11) is 0. The zero-order valence-electron chi connectivity index (χ0n) is 7.34.